The van der Waals surface area contributed by atoms with Gasteiger partial charge in [-0.25, -0.2) is 0 Å². The van der Waals surface area contributed by atoms with Gasteiger partial charge in [0.15, 0.2) is 0 Å². The van der Waals surface area contributed by atoms with Crippen molar-refractivity contribution in [3.05, 3.63) is 65.4 Å². The highest BCUT2D eigenvalue weighted by Gasteiger charge is 2.39. The molecule has 176 valence electrons. The van der Waals surface area contributed by atoms with Crippen LogP contribution in [-0.2, 0) is 20.5 Å². The smallest absolute Gasteiger partial charge is 0.416 e. The van der Waals surface area contributed by atoms with Crippen molar-refractivity contribution in [3.63, 3.8) is 0 Å². The number of nitrogens with zero attached hydrogens (tertiary/aromatic N) is 1. The maximum absolute atomic E-state index is 13.1. The van der Waals surface area contributed by atoms with Gasteiger partial charge in [-0.2, -0.15) is 13.2 Å². The van der Waals surface area contributed by atoms with E-state index in [1.54, 1.807) is 24.3 Å². The summed E-state index contributed by atoms with van der Waals surface area (Å²) in [5.41, 5.74) is -0.322. The van der Waals surface area contributed by atoms with Gasteiger partial charge in [-0.3, -0.25) is 14.5 Å². The Morgan fingerprint density at radius 2 is 1.73 bits per heavy atom. The minimum atomic E-state index is -4.54. The number of methoxy groups -OCH3 is 1. The lowest BCUT2D eigenvalue weighted by atomic mass is 10.0. The van der Waals surface area contributed by atoms with Crippen LogP contribution in [0.15, 0.2) is 54.2 Å². The van der Waals surface area contributed by atoms with Gasteiger partial charge >= 0.3 is 6.18 Å². The first-order chi connectivity index (χ1) is 15.8. The molecular weight excluding hydrogens is 437 g/mol. The van der Waals surface area contributed by atoms with E-state index in [1.165, 1.54) is 19.2 Å². The Labute approximate surface area is 190 Å². The molecule has 0 saturated carbocycles. The summed E-state index contributed by atoms with van der Waals surface area (Å²) in [6.07, 6.45) is -3.27. The average molecular weight is 462 g/mol. The summed E-state index contributed by atoms with van der Waals surface area (Å²) < 4.78 is 49.9. The third-order valence-electron chi connectivity index (χ3n) is 4.97. The largest absolute Gasteiger partial charge is 0.494 e. The molecule has 0 saturated heterocycles. The summed E-state index contributed by atoms with van der Waals surface area (Å²) in [5.74, 6) is -0.509. The number of imide groups is 1. The monoisotopic (exact) mass is 462 g/mol. The summed E-state index contributed by atoms with van der Waals surface area (Å²) in [7, 11) is 1.51. The minimum Gasteiger partial charge on any atom is -0.494 e. The Morgan fingerprint density at radius 1 is 1.00 bits per heavy atom. The van der Waals surface area contributed by atoms with E-state index in [2.05, 4.69) is 5.32 Å². The molecule has 1 aliphatic rings. The number of nitrogens with one attached hydrogen (secondary N) is 1. The zero-order valence-corrected chi connectivity index (χ0v) is 18.4. The molecule has 0 aliphatic carbocycles. The number of rotatable bonds is 10. The first-order valence-electron chi connectivity index (χ1n) is 10.5. The molecule has 0 fully saturated rings. The predicted octanol–water partition coefficient (Wildman–Crippen LogP) is 4.72. The topological polar surface area (TPSA) is 67.9 Å². The van der Waals surface area contributed by atoms with Gasteiger partial charge in [0.2, 0.25) is 0 Å². The summed E-state index contributed by atoms with van der Waals surface area (Å²) in [5, 5.41) is 2.76. The van der Waals surface area contributed by atoms with Crippen molar-refractivity contribution < 1.29 is 32.2 Å². The fourth-order valence-corrected chi connectivity index (χ4v) is 3.39. The van der Waals surface area contributed by atoms with Gasteiger partial charge in [0.25, 0.3) is 11.8 Å². The lowest BCUT2D eigenvalue weighted by Gasteiger charge is -2.15. The molecular formula is C24H25F3N2O4. The molecule has 33 heavy (non-hydrogen) atoms. The molecule has 0 radical (unpaired) electrons. The van der Waals surface area contributed by atoms with Gasteiger partial charge in [-0.1, -0.05) is 25.1 Å². The number of hydrogen-bond acceptors (Lipinski definition) is 5. The molecule has 2 aromatic carbocycles. The predicted molar refractivity (Wildman–Crippen MR) is 117 cm³/mol. The molecule has 2 aromatic rings. The van der Waals surface area contributed by atoms with Crippen LogP contribution in [0.1, 0.15) is 30.9 Å². The number of anilines is 1. The molecule has 9 heteroatoms. The number of alkyl halides is 3. The van der Waals surface area contributed by atoms with E-state index in [9.17, 15) is 22.8 Å². The fourth-order valence-electron chi connectivity index (χ4n) is 3.39. The van der Waals surface area contributed by atoms with E-state index in [1.807, 2.05) is 6.92 Å². The summed E-state index contributed by atoms with van der Waals surface area (Å²) >= 11 is 0. The van der Waals surface area contributed by atoms with E-state index in [0.29, 0.717) is 30.9 Å². The maximum Gasteiger partial charge on any atom is 0.416 e. The number of carbonyl (C=O) groups is 2. The first kappa shape index (κ1) is 24.3. The Balaban J connectivity index is 1.97. The number of hydrogen-bond donors (Lipinski definition) is 1. The fraction of sp³-hybridized carbons (Fsp3) is 0.333. The van der Waals surface area contributed by atoms with Crippen LogP contribution >= 0.6 is 0 Å². The first-order valence-corrected chi connectivity index (χ1v) is 10.5. The third kappa shape index (κ3) is 5.73. The lowest BCUT2D eigenvalue weighted by molar-refractivity contribution is -0.138. The number of amides is 2. The van der Waals surface area contributed by atoms with Crippen LogP contribution in [0.5, 0.6) is 5.75 Å². The van der Waals surface area contributed by atoms with Crippen LogP contribution in [0, 0.1) is 0 Å². The number of halogens is 3. The third-order valence-corrected chi connectivity index (χ3v) is 4.97. The van der Waals surface area contributed by atoms with E-state index >= 15 is 0 Å². The van der Waals surface area contributed by atoms with Crippen molar-refractivity contribution in [1.29, 1.82) is 0 Å². The quantitative estimate of drug-likeness (QED) is 0.409. The molecule has 3 rings (SSSR count). The van der Waals surface area contributed by atoms with Gasteiger partial charge < -0.3 is 14.8 Å². The number of benzene rings is 2. The Morgan fingerprint density at radius 3 is 2.36 bits per heavy atom. The molecule has 0 atom stereocenters. The van der Waals surface area contributed by atoms with Crippen LogP contribution in [-0.4, -0.2) is 43.6 Å². The molecule has 1 aliphatic heterocycles. The maximum atomic E-state index is 13.1. The van der Waals surface area contributed by atoms with Crippen molar-refractivity contribution in [2.75, 3.05) is 32.2 Å². The normalized spacial score (nSPS) is 14.3. The Kier molecular flexibility index (Phi) is 7.75. The molecule has 0 bridgehead atoms. The SMILES string of the molecule is CCCOc1ccc(C2=C(Nc3cccc(C(F)(F)F)c3)C(=O)N(CCCOC)C2=O)cc1. The standard InChI is InChI=1S/C24H25F3N2O4/c1-3-13-33-19-10-8-16(9-11-19)20-21(23(31)29(22(20)30)12-5-14-32-2)28-18-7-4-6-17(15-18)24(25,26)27/h4,6-11,15,28H,3,5,12-14H2,1-2H3. The van der Waals surface area contributed by atoms with Crippen LogP contribution < -0.4 is 10.1 Å². The van der Waals surface area contributed by atoms with Crippen molar-refractivity contribution >= 4 is 23.1 Å². The van der Waals surface area contributed by atoms with Crippen molar-refractivity contribution in [1.82, 2.24) is 4.90 Å². The van der Waals surface area contributed by atoms with Crippen LogP contribution in [0.2, 0.25) is 0 Å². The van der Waals surface area contributed by atoms with Gasteiger partial charge in [0.05, 0.1) is 17.7 Å². The minimum absolute atomic E-state index is 0.0557. The lowest BCUT2D eigenvalue weighted by Crippen LogP contribution is -2.33. The second kappa shape index (κ2) is 10.5. The number of ether oxygens (including phenoxy) is 2. The van der Waals surface area contributed by atoms with Gasteiger partial charge in [0, 0.05) is 25.9 Å². The highest BCUT2D eigenvalue weighted by molar-refractivity contribution is 6.36. The summed E-state index contributed by atoms with van der Waals surface area (Å²) in [4.78, 5) is 27.3. The van der Waals surface area contributed by atoms with Gasteiger partial charge in [0.1, 0.15) is 11.4 Å². The molecule has 6 nitrogen and oxygen atoms in total. The highest BCUT2D eigenvalue weighted by Crippen LogP contribution is 2.34. The van der Waals surface area contributed by atoms with Crippen LogP contribution in [0.25, 0.3) is 5.57 Å². The zero-order valence-electron chi connectivity index (χ0n) is 18.4. The van der Waals surface area contributed by atoms with Gasteiger partial charge in [-0.15, -0.1) is 0 Å². The molecule has 0 aromatic heterocycles. The molecule has 1 N–H and O–H groups in total. The second-order valence-electron chi connectivity index (χ2n) is 7.43. The summed E-state index contributed by atoms with van der Waals surface area (Å²) in [6.45, 7) is 2.99. The average Bonchev–Trinajstić information content (AvgIpc) is 3.02. The molecule has 0 spiro atoms. The van der Waals surface area contributed by atoms with Crippen LogP contribution in [0.4, 0.5) is 18.9 Å². The summed E-state index contributed by atoms with van der Waals surface area (Å²) in [6, 6.07) is 11.2. The van der Waals surface area contributed by atoms with Crippen LogP contribution in [0.3, 0.4) is 0 Å². The zero-order chi connectivity index (χ0) is 24.0. The van der Waals surface area contributed by atoms with E-state index in [-0.39, 0.29) is 23.5 Å². The van der Waals surface area contributed by atoms with E-state index in [0.717, 1.165) is 23.5 Å². The number of carbonyl (C=O) groups excluding carboxylic acids is 2. The highest BCUT2D eigenvalue weighted by atomic mass is 19.4. The van der Waals surface area contributed by atoms with Gasteiger partial charge in [-0.05, 0) is 48.7 Å². The molecule has 1 heterocycles. The molecule has 2 amide bonds. The van der Waals surface area contributed by atoms with E-state index in [4.69, 9.17) is 9.47 Å². The van der Waals surface area contributed by atoms with Crippen molar-refractivity contribution in [2.24, 2.45) is 0 Å². The van der Waals surface area contributed by atoms with E-state index < -0.39 is 23.6 Å². The Hall–Kier alpha value is -3.33. The Bertz CT molecular complexity index is 1030. The van der Waals surface area contributed by atoms with Crippen molar-refractivity contribution in [2.45, 2.75) is 25.9 Å². The molecule has 0 unspecified atom stereocenters. The van der Waals surface area contributed by atoms with Crippen molar-refractivity contribution in [3.8, 4) is 5.75 Å². The second-order valence-corrected chi connectivity index (χ2v) is 7.43.